The number of nitrogens with one attached hydrogen (secondary N) is 2. The van der Waals surface area contributed by atoms with Crippen LogP contribution in [0, 0.1) is 5.92 Å². The number of likely N-dealkylation sites (tertiary alicyclic amines) is 1. The summed E-state index contributed by atoms with van der Waals surface area (Å²) >= 11 is 0. The highest BCUT2D eigenvalue weighted by Gasteiger charge is 2.38. The van der Waals surface area contributed by atoms with Gasteiger partial charge in [-0.25, -0.2) is 0 Å². The van der Waals surface area contributed by atoms with Crippen LogP contribution in [0.4, 0.5) is 5.69 Å². The van der Waals surface area contributed by atoms with Gasteiger partial charge >= 0.3 is 0 Å². The Morgan fingerprint density at radius 1 is 1.42 bits per heavy atom. The Morgan fingerprint density at radius 3 is 3.04 bits per heavy atom. The van der Waals surface area contributed by atoms with E-state index in [4.69, 9.17) is 4.74 Å². The highest BCUT2D eigenvalue weighted by Crippen LogP contribution is 2.32. The van der Waals surface area contributed by atoms with Gasteiger partial charge in [0.15, 0.2) is 0 Å². The normalized spacial score (nSPS) is 26.5. The van der Waals surface area contributed by atoms with Crippen molar-refractivity contribution in [3.05, 3.63) is 36.0 Å². The van der Waals surface area contributed by atoms with Gasteiger partial charge in [-0.05, 0) is 36.5 Å². The number of anilines is 1. The lowest BCUT2D eigenvalue weighted by molar-refractivity contribution is -0.121. The highest BCUT2D eigenvalue weighted by atomic mass is 16.5. The average Bonchev–Trinajstić information content (AvgIpc) is 3.32. The molecule has 2 N–H and O–H groups in total. The molecule has 1 saturated carbocycles. The summed E-state index contributed by atoms with van der Waals surface area (Å²) in [4.78, 5) is 15.0. The number of fused-ring (bicyclic) bond motifs is 1. The largest absolute Gasteiger partial charge is 0.485 e. The van der Waals surface area contributed by atoms with Crippen molar-refractivity contribution in [3.63, 3.8) is 0 Å². The summed E-state index contributed by atoms with van der Waals surface area (Å²) in [5.41, 5.74) is 2.72. The molecule has 128 valence electrons. The molecule has 4 rings (SSSR count). The van der Waals surface area contributed by atoms with Crippen LogP contribution >= 0.6 is 0 Å². The van der Waals surface area contributed by atoms with Crippen LogP contribution in [0.1, 0.15) is 25.3 Å². The number of amides is 1. The van der Waals surface area contributed by atoms with Gasteiger partial charge in [0, 0.05) is 30.9 Å². The van der Waals surface area contributed by atoms with E-state index in [9.17, 15) is 4.79 Å². The average molecular weight is 327 g/mol. The minimum absolute atomic E-state index is 0.0972. The van der Waals surface area contributed by atoms with Crippen molar-refractivity contribution in [1.29, 1.82) is 0 Å². The summed E-state index contributed by atoms with van der Waals surface area (Å²) in [6.45, 7) is 8.72. The van der Waals surface area contributed by atoms with Crippen molar-refractivity contribution in [3.8, 4) is 5.75 Å². The Morgan fingerprint density at radius 2 is 2.25 bits per heavy atom. The maximum atomic E-state index is 12.4. The topological polar surface area (TPSA) is 53.6 Å². The fraction of sp³-hybridized carbons (Fsp3) is 0.526. The molecular weight excluding hydrogens is 302 g/mol. The molecule has 0 unspecified atom stereocenters. The van der Waals surface area contributed by atoms with Gasteiger partial charge in [0.25, 0.3) is 0 Å². The molecule has 0 aromatic heterocycles. The van der Waals surface area contributed by atoms with Gasteiger partial charge in [-0.15, -0.1) is 0 Å². The predicted molar refractivity (Wildman–Crippen MR) is 94.1 cm³/mol. The van der Waals surface area contributed by atoms with Gasteiger partial charge < -0.3 is 15.4 Å². The molecule has 2 atom stereocenters. The third-order valence-electron chi connectivity index (χ3n) is 5.17. The molecule has 0 spiro atoms. The zero-order valence-electron chi connectivity index (χ0n) is 14.2. The number of nitrogens with zero attached hydrogens (tertiary/aromatic N) is 1. The van der Waals surface area contributed by atoms with E-state index in [1.54, 1.807) is 0 Å². The Balaban J connectivity index is 1.36. The molecule has 1 aromatic rings. The van der Waals surface area contributed by atoms with E-state index < -0.39 is 0 Å². The van der Waals surface area contributed by atoms with Crippen LogP contribution in [0.3, 0.4) is 0 Å². The number of rotatable bonds is 4. The zero-order valence-corrected chi connectivity index (χ0v) is 14.2. The summed E-state index contributed by atoms with van der Waals surface area (Å²) in [5.74, 6) is 1.44. The van der Waals surface area contributed by atoms with Gasteiger partial charge in [-0.3, -0.25) is 9.69 Å². The fourth-order valence-corrected chi connectivity index (χ4v) is 3.68. The molecule has 2 aliphatic heterocycles. The lowest BCUT2D eigenvalue weighted by Gasteiger charge is -2.22. The summed E-state index contributed by atoms with van der Waals surface area (Å²) in [6, 6.07) is 6.91. The molecule has 2 fully saturated rings. The smallest absolute Gasteiger partial charge is 0.224 e. The monoisotopic (exact) mass is 327 g/mol. The third-order valence-corrected chi connectivity index (χ3v) is 5.17. The SMILES string of the molecule is C=C1COc2ccc(CC(=O)N[C@@H]3CN(C4CC4)C[C@@H]3C)cc2N1. The third kappa shape index (κ3) is 3.26. The van der Waals surface area contributed by atoms with Gasteiger partial charge in [-0.1, -0.05) is 19.6 Å². The molecule has 1 amide bonds. The van der Waals surface area contributed by atoms with Gasteiger partial charge in [0.05, 0.1) is 12.1 Å². The molecule has 0 radical (unpaired) electrons. The first-order valence-electron chi connectivity index (χ1n) is 8.82. The summed E-state index contributed by atoms with van der Waals surface area (Å²) in [6.07, 6.45) is 3.04. The van der Waals surface area contributed by atoms with Crippen LogP contribution in [0.2, 0.25) is 0 Å². The fourth-order valence-electron chi connectivity index (χ4n) is 3.68. The second-order valence-corrected chi connectivity index (χ2v) is 7.36. The summed E-state index contributed by atoms with van der Waals surface area (Å²) < 4.78 is 5.59. The maximum absolute atomic E-state index is 12.4. The van der Waals surface area contributed by atoms with E-state index in [1.165, 1.54) is 12.8 Å². The number of hydrogen-bond donors (Lipinski definition) is 2. The van der Waals surface area contributed by atoms with Crippen molar-refractivity contribution < 1.29 is 9.53 Å². The Labute approximate surface area is 143 Å². The van der Waals surface area contributed by atoms with Crippen molar-refractivity contribution in [2.24, 2.45) is 5.92 Å². The number of carbonyl (C=O) groups excluding carboxylic acids is 1. The van der Waals surface area contributed by atoms with Gasteiger partial charge in [0.2, 0.25) is 5.91 Å². The van der Waals surface area contributed by atoms with Crippen LogP contribution in [0.25, 0.3) is 0 Å². The van der Waals surface area contributed by atoms with Crippen LogP contribution < -0.4 is 15.4 Å². The summed E-state index contributed by atoms with van der Waals surface area (Å²) in [7, 11) is 0. The van der Waals surface area contributed by atoms with E-state index in [1.807, 2.05) is 18.2 Å². The molecule has 2 heterocycles. The first-order chi connectivity index (χ1) is 11.6. The number of ether oxygens (including phenoxy) is 1. The molecule has 3 aliphatic rings. The molecule has 5 nitrogen and oxygen atoms in total. The lowest BCUT2D eigenvalue weighted by Crippen LogP contribution is -2.40. The molecule has 5 heteroatoms. The van der Waals surface area contributed by atoms with E-state index in [0.29, 0.717) is 18.9 Å². The standard InChI is InChI=1S/C19H25N3O2/c1-12-9-22(15-4-5-15)10-17(12)21-19(23)8-14-3-6-18-16(7-14)20-13(2)11-24-18/h3,6-7,12,15,17,20H,2,4-5,8-11H2,1H3,(H,21,23)/t12-,17+/m0/s1. The maximum Gasteiger partial charge on any atom is 0.224 e. The Bertz CT molecular complexity index is 669. The molecule has 0 bridgehead atoms. The van der Waals surface area contributed by atoms with Crippen molar-refractivity contribution >= 4 is 11.6 Å². The van der Waals surface area contributed by atoms with Crippen LogP contribution in [0.15, 0.2) is 30.5 Å². The zero-order chi connectivity index (χ0) is 16.7. The minimum Gasteiger partial charge on any atom is -0.485 e. The number of benzene rings is 1. The molecule has 24 heavy (non-hydrogen) atoms. The Kier molecular flexibility index (Phi) is 3.96. The summed E-state index contributed by atoms with van der Waals surface area (Å²) in [5, 5.41) is 6.45. The quantitative estimate of drug-likeness (QED) is 0.890. The second kappa shape index (κ2) is 6.13. The second-order valence-electron chi connectivity index (χ2n) is 7.36. The van der Waals surface area contributed by atoms with Crippen molar-refractivity contribution in [2.45, 2.75) is 38.3 Å². The molecule has 1 saturated heterocycles. The van der Waals surface area contributed by atoms with Crippen LogP contribution in [0.5, 0.6) is 5.75 Å². The molecule has 1 aromatic carbocycles. The predicted octanol–water partition coefficient (Wildman–Crippen LogP) is 2.15. The van der Waals surface area contributed by atoms with Gasteiger partial charge in [0.1, 0.15) is 12.4 Å². The Hall–Kier alpha value is -2.01. The van der Waals surface area contributed by atoms with Crippen LogP contribution in [-0.4, -0.2) is 42.6 Å². The molecular formula is C19H25N3O2. The number of carbonyl (C=O) groups is 1. The van der Waals surface area contributed by atoms with E-state index in [2.05, 4.69) is 29.0 Å². The van der Waals surface area contributed by atoms with Crippen molar-refractivity contribution in [1.82, 2.24) is 10.2 Å². The first kappa shape index (κ1) is 15.5. The lowest BCUT2D eigenvalue weighted by atomic mass is 10.1. The number of hydrogen-bond acceptors (Lipinski definition) is 4. The van der Waals surface area contributed by atoms with Crippen molar-refractivity contribution in [2.75, 3.05) is 25.0 Å². The van der Waals surface area contributed by atoms with E-state index in [0.717, 1.165) is 41.8 Å². The van der Waals surface area contributed by atoms with Gasteiger partial charge in [-0.2, -0.15) is 0 Å². The highest BCUT2D eigenvalue weighted by molar-refractivity contribution is 5.79. The minimum atomic E-state index is 0.0972. The molecule has 1 aliphatic carbocycles. The van der Waals surface area contributed by atoms with Crippen LogP contribution in [-0.2, 0) is 11.2 Å². The first-order valence-corrected chi connectivity index (χ1v) is 8.82. The van der Waals surface area contributed by atoms with E-state index in [-0.39, 0.29) is 11.9 Å². The van der Waals surface area contributed by atoms with E-state index >= 15 is 0 Å².